The molecule has 0 aromatic heterocycles. The van der Waals surface area contributed by atoms with E-state index >= 15 is 0 Å². The number of carbonyl (C=O) groups excluding carboxylic acids is 2. The number of hydrogen-bond donors (Lipinski definition) is 3. The van der Waals surface area contributed by atoms with Crippen LogP contribution in [0.3, 0.4) is 0 Å². The molecule has 10 heteroatoms. The number of nitro benzene ring substituents is 1. The van der Waals surface area contributed by atoms with Gasteiger partial charge in [-0.05, 0) is 36.4 Å². The lowest BCUT2D eigenvalue weighted by Crippen LogP contribution is -2.24. The number of hydrogen-bond acceptors (Lipinski definition) is 7. The van der Waals surface area contributed by atoms with Gasteiger partial charge in [-0.3, -0.25) is 19.7 Å². The number of nitrogens with one attached hydrogen (secondary N) is 2. The molecule has 9 nitrogen and oxygen atoms in total. The quantitative estimate of drug-likeness (QED) is 0.348. The number of nitro groups is 1. The van der Waals surface area contributed by atoms with Crippen molar-refractivity contribution in [2.45, 2.75) is 9.79 Å². The fourth-order valence-electron chi connectivity index (χ4n) is 2.85. The maximum Gasteiger partial charge on any atom is 0.269 e. The van der Waals surface area contributed by atoms with Crippen LogP contribution in [0.1, 0.15) is 10.4 Å². The summed E-state index contributed by atoms with van der Waals surface area (Å²) in [6, 6.07) is 17.9. The molecule has 0 spiro atoms. The molecule has 0 aliphatic heterocycles. The van der Waals surface area contributed by atoms with Crippen molar-refractivity contribution in [1.82, 2.24) is 0 Å². The molecule has 0 saturated heterocycles. The highest BCUT2D eigenvalue weighted by molar-refractivity contribution is 7.99. The van der Waals surface area contributed by atoms with Crippen LogP contribution in [-0.4, -0.2) is 30.4 Å². The number of methoxy groups -OCH3 is 1. The Balaban J connectivity index is 1.99. The van der Waals surface area contributed by atoms with Crippen molar-refractivity contribution < 1.29 is 19.2 Å². The van der Waals surface area contributed by atoms with Gasteiger partial charge in [0.15, 0.2) is 0 Å². The van der Waals surface area contributed by atoms with Crippen LogP contribution in [0.4, 0.5) is 17.1 Å². The highest BCUT2D eigenvalue weighted by Gasteiger charge is 2.20. The zero-order chi connectivity index (χ0) is 23.1. The smallest absolute Gasteiger partial charge is 0.269 e. The van der Waals surface area contributed by atoms with Gasteiger partial charge >= 0.3 is 0 Å². The molecule has 32 heavy (non-hydrogen) atoms. The second-order valence-corrected chi connectivity index (χ2v) is 7.55. The van der Waals surface area contributed by atoms with E-state index < -0.39 is 16.7 Å². The summed E-state index contributed by atoms with van der Waals surface area (Å²) in [5.41, 5.74) is 6.36. The van der Waals surface area contributed by atoms with E-state index in [1.54, 1.807) is 54.6 Å². The lowest BCUT2D eigenvalue weighted by atomic mass is 10.1. The van der Waals surface area contributed by atoms with Crippen molar-refractivity contribution in [2.24, 2.45) is 5.73 Å². The summed E-state index contributed by atoms with van der Waals surface area (Å²) in [7, 11) is 1.50. The zero-order valence-corrected chi connectivity index (χ0v) is 17.8. The lowest BCUT2D eigenvalue weighted by Gasteiger charge is -2.16. The van der Waals surface area contributed by atoms with Crippen molar-refractivity contribution in [3.8, 4) is 5.75 Å². The molecule has 0 saturated carbocycles. The average molecular weight is 452 g/mol. The summed E-state index contributed by atoms with van der Waals surface area (Å²) in [4.78, 5) is 36.8. The molecule has 3 rings (SSSR count). The zero-order valence-electron chi connectivity index (χ0n) is 17.0. The maximum atomic E-state index is 13.3. The molecule has 0 radical (unpaired) electrons. The van der Waals surface area contributed by atoms with Gasteiger partial charge in [-0.2, -0.15) is 0 Å². The summed E-state index contributed by atoms with van der Waals surface area (Å²) < 4.78 is 5.29. The summed E-state index contributed by atoms with van der Waals surface area (Å²) in [5.74, 6) is -0.436. The first-order valence-corrected chi connectivity index (χ1v) is 10.2. The van der Waals surface area contributed by atoms with Crippen LogP contribution in [0.15, 0.2) is 76.5 Å². The number of nitrogens with two attached hydrogens (primary N) is 1. The lowest BCUT2D eigenvalue weighted by molar-refractivity contribution is -0.384. The number of amides is 2. The third-order valence-electron chi connectivity index (χ3n) is 4.34. The van der Waals surface area contributed by atoms with Gasteiger partial charge in [0.25, 0.3) is 11.6 Å². The molecule has 164 valence electrons. The molecule has 3 aromatic carbocycles. The molecule has 0 bridgehead atoms. The van der Waals surface area contributed by atoms with Crippen LogP contribution in [0.25, 0.3) is 0 Å². The fourth-order valence-corrected chi connectivity index (χ4v) is 3.83. The average Bonchev–Trinajstić information content (AvgIpc) is 2.79. The largest absolute Gasteiger partial charge is 0.495 e. The SMILES string of the molecule is COc1ccccc1NC(=O)c1c(NC(=O)CN)cccc1Sc1ccc([N+](=O)[O-])cc1. The standard InChI is InChI=1S/C22H20N4O5S/c1-31-18-7-3-2-5-16(18)25-22(28)21-17(24-20(27)13-23)6-4-8-19(21)32-15-11-9-14(10-12-15)26(29)30/h2-12H,13,23H2,1H3,(H,24,27)(H,25,28). The van der Waals surface area contributed by atoms with Crippen LogP contribution in [0, 0.1) is 10.1 Å². The Morgan fingerprint density at radius 1 is 1.00 bits per heavy atom. The van der Waals surface area contributed by atoms with E-state index in [4.69, 9.17) is 10.5 Å². The fraction of sp³-hybridized carbons (Fsp3) is 0.0909. The van der Waals surface area contributed by atoms with Gasteiger partial charge < -0.3 is 21.1 Å². The minimum absolute atomic E-state index is 0.0348. The van der Waals surface area contributed by atoms with E-state index in [-0.39, 0.29) is 17.8 Å². The third kappa shape index (κ3) is 5.42. The first-order valence-electron chi connectivity index (χ1n) is 9.42. The highest BCUT2D eigenvalue weighted by atomic mass is 32.2. The second-order valence-electron chi connectivity index (χ2n) is 6.44. The number of para-hydroxylation sites is 2. The maximum absolute atomic E-state index is 13.3. The monoisotopic (exact) mass is 452 g/mol. The van der Waals surface area contributed by atoms with Gasteiger partial charge in [0, 0.05) is 21.9 Å². The molecule has 0 aliphatic rings. The van der Waals surface area contributed by atoms with Gasteiger partial charge in [-0.25, -0.2) is 0 Å². The number of rotatable bonds is 8. The predicted octanol–water partition coefficient (Wildman–Crippen LogP) is 3.90. The molecular formula is C22H20N4O5S. The summed E-state index contributed by atoms with van der Waals surface area (Å²) in [6.07, 6.45) is 0. The second kappa shape index (κ2) is 10.4. The number of non-ortho nitro benzene ring substituents is 1. The summed E-state index contributed by atoms with van der Waals surface area (Å²) in [5, 5.41) is 16.4. The van der Waals surface area contributed by atoms with Crippen molar-refractivity contribution in [1.29, 1.82) is 0 Å². The number of carbonyl (C=O) groups is 2. The van der Waals surface area contributed by atoms with E-state index in [2.05, 4.69) is 10.6 Å². The highest BCUT2D eigenvalue weighted by Crippen LogP contribution is 2.36. The van der Waals surface area contributed by atoms with E-state index in [9.17, 15) is 19.7 Å². The van der Waals surface area contributed by atoms with Gasteiger partial charge in [0.05, 0.1) is 35.5 Å². The Hall–Kier alpha value is -3.89. The van der Waals surface area contributed by atoms with Crippen molar-refractivity contribution in [3.63, 3.8) is 0 Å². The molecule has 0 heterocycles. The Bertz CT molecular complexity index is 1150. The molecule has 0 unspecified atom stereocenters. The molecule has 0 atom stereocenters. The van der Waals surface area contributed by atoms with Crippen LogP contribution in [0.5, 0.6) is 5.75 Å². The topological polar surface area (TPSA) is 137 Å². The third-order valence-corrected chi connectivity index (χ3v) is 5.41. The molecule has 3 aromatic rings. The van der Waals surface area contributed by atoms with Crippen LogP contribution in [-0.2, 0) is 4.79 Å². The first-order chi connectivity index (χ1) is 15.4. The van der Waals surface area contributed by atoms with Gasteiger partial charge in [0.2, 0.25) is 5.91 Å². The van der Waals surface area contributed by atoms with E-state index in [1.165, 1.54) is 31.0 Å². The van der Waals surface area contributed by atoms with Crippen LogP contribution < -0.4 is 21.1 Å². The number of anilines is 2. The minimum atomic E-state index is -0.483. The Labute approximate surface area is 188 Å². The van der Waals surface area contributed by atoms with Crippen molar-refractivity contribution in [3.05, 3.63) is 82.4 Å². The summed E-state index contributed by atoms with van der Waals surface area (Å²) >= 11 is 1.24. The molecule has 4 N–H and O–H groups in total. The van der Waals surface area contributed by atoms with E-state index in [0.29, 0.717) is 26.9 Å². The Kier molecular flexibility index (Phi) is 7.42. The van der Waals surface area contributed by atoms with Gasteiger partial charge in [-0.1, -0.05) is 30.0 Å². The Morgan fingerprint density at radius 3 is 2.34 bits per heavy atom. The first kappa shape index (κ1) is 22.8. The van der Waals surface area contributed by atoms with E-state index in [1.807, 2.05) is 0 Å². The minimum Gasteiger partial charge on any atom is -0.495 e. The molecule has 0 fully saturated rings. The molecule has 0 aliphatic carbocycles. The van der Waals surface area contributed by atoms with Crippen LogP contribution in [0.2, 0.25) is 0 Å². The normalized spacial score (nSPS) is 10.3. The van der Waals surface area contributed by atoms with E-state index in [0.717, 1.165) is 0 Å². The van der Waals surface area contributed by atoms with Gasteiger partial charge in [0.1, 0.15) is 5.75 Å². The number of nitrogens with zero attached hydrogens (tertiary/aromatic N) is 1. The molecule has 2 amide bonds. The summed E-state index contributed by atoms with van der Waals surface area (Å²) in [6.45, 7) is -0.243. The number of ether oxygens (including phenoxy) is 1. The van der Waals surface area contributed by atoms with Crippen LogP contribution >= 0.6 is 11.8 Å². The van der Waals surface area contributed by atoms with Crippen molar-refractivity contribution >= 4 is 40.6 Å². The Morgan fingerprint density at radius 2 is 1.69 bits per heavy atom. The number of benzene rings is 3. The van der Waals surface area contributed by atoms with Crippen molar-refractivity contribution in [2.75, 3.05) is 24.3 Å². The van der Waals surface area contributed by atoms with Gasteiger partial charge in [-0.15, -0.1) is 0 Å². The predicted molar refractivity (Wildman–Crippen MR) is 122 cm³/mol. The molecular weight excluding hydrogens is 432 g/mol.